The molecule has 0 saturated carbocycles. The maximum atomic E-state index is 14.0. The summed E-state index contributed by atoms with van der Waals surface area (Å²) in [5.41, 5.74) is 2.59. The highest BCUT2D eigenvalue weighted by atomic mass is 32.2. The number of allylic oxidation sites excluding steroid dienone is 1. The highest BCUT2D eigenvalue weighted by molar-refractivity contribution is 7.99. The minimum atomic E-state index is -0.545. The lowest BCUT2D eigenvalue weighted by Crippen LogP contribution is -2.39. The average molecular weight is 433 g/mol. The Morgan fingerprint density at radius 1 is 1.30 bits per heavy atom. The van der Waals surface area contributed by atoms with Crippen LogP contribution >= 0.6 is 11.8 Å². The number of hydrogen-bond acceptors (Lipinski definition) is 4. The predicted molar refractivity (Wildman–Crippen MR) is 115 cm³/mol. The van der Waals surface area contributed by atoms with E-state index in [1.165, 1.54) is 18.2 Å². The van der Waals surface area contributed by atoms with Gasteiger partial charge in [-0.2, -0.15) is 16.9 Å². The van der Waals surface area contributed by atoms with Gasteiger partial charge < -0.3 is 10.2 Å². The van der Waals surface area contributed by atoms with Crippen LogP contribution in [0.5, 0.6) is 0 Å². The molecule has 1 aliphatic heterocycles. The largest absolute Gasteiger partial charge is 0.336 e. The fourth-order valence-corrected chi connectivity index (χ4v) is 5.07. The molecule has 5 nitrogen and oxygen atoms in total. The van der Waals surface area contributed by atoms with Crippen LogP contribution in [0.2, 0.25) is 0 Å². The molecule has 0 radical (unpaired) electrons. The molecule has 1 N–H and O–H groups in total. The minimum Gasteiger partial charge on any atom is -0.336 e. The highest BCUT2D eigenvalue weighted by Gasteiger charge is 2.31. The molecule has 160 valence electrons. The van der Waals surface area contributed by atoms with Gasteiger partial charge in [-0.25, -0.2) is 8.78 Å². The number of nitrogens with one attached hydrogen (secondary N) is 1. The van der Waals surface area contributed by atoms with Crippen molar-refractivity contribution in [1.29, 1.82) is 0 Å². The number of benzene rings is 1. The quantitative estimate of drug-likeness (QED) is 0.713. The molecule has 8 heteroatoms. The van der Waals surface area contributed by atoms with Crippen molar-refractivity contribution in [2.24, 2.45) is 0 Å². The van der Waals surface area contributed by atoms with Gasteiger partial charge in [0, 0.05) is 54.0 Å². The summed E-state index contributed by atoms with van der Waals surface area (Å²) in [5, 5.41) is 7.92. The molecule has 1 aliphatic carbocycles. The number of fused-ring (bicyclic) bond motifs is 1. The highest BCUT2D eigenvalue weighted by Crippen LogP contribution is 2.27. The Labute approximate surface area is 179 Å². The summed E-state index contributed by atoms with van der Waals surface area (Å²) in [7, 11) is 0. The van der Waals surface area contributed by atoms with Crippen LogP contribution in [0.4, 0.5) is 8.78 Å². The van der Waals surface area contributed by atoms with Crippen molar-refractivity contribution in [1.82, 2.24) is 20.0 Å². The van der Waals surface area contributed by atoms with Crippen LogP contribution in [0.25, 0.3) is 0 Å². The molecule has 1 aromatic carbocycles. The lowest BCUT2D eigenvalue weighted by atomic mass is 9.90. The number of rotatable bonds is 6. The smallest absolute Gasteiger partial charge is 0.274 e. The normalized spacial score (nSPS) is 18.9. The Hall–Kier alpha value is -2.19. The number of aromatic nitrogens is 2. The van der Waals surface area contributed by atoms with Gasteiger partial charge in [0.25, 0.3) is 5.91 Å². The summed E-state index contributed by atoms with van der Waals surface area (Å²) in [6.45, 7) is 5.95. The molecule has 4 rings (SSSR count). The summed E-state index contributed by atoms with van der Waals surface area (Å²) < 4.78 is 29.8. The van der Waals surface area contributed by atoms with Crippen LogP contribution in [0.3, 0.4) is 0 Å². The van der Waals surface area contributed by atoms with Gasteiger partial charge in [0.15, 0.2) is 5.69 Å². The molecule has 2 aromatic rings. The molecule has 1 aromatic heterocycles. The van der Waals surface area contributed by atoms with E-state index in [-0.39, 0.29) is 24.1 Å². The fourth-order valence-electron chi connectivity index (χ4n) is 4.17. The molecular formula is C22H26F2N4OS. The molecular weight excluding hydrogens is 406 g/mol. The first kappa shape index (κ1) is 21.1. The van der Waals surface area contributed by atoms with Crippen molar-refractivity contribution in [3.8, 4) is 0 Å². The second kappa shape index (κ2) is 9.31. The van der Waals surface area contributed by atoms with E-state index in [2.05, 4.69) is 17.0 Å². The number of hydrogen-bond donors (Lipinski definition) is 1. The van der Waals surface area contributed by atoms with Gasteiger partial charge in [-0.15, -0.1) is 6.58 Å². The van der Waals surface area contributed by atoms with Gasteiger partial charge >= 0.3 is 0 Å². The van der Waals surface area contributed by atoms with Gasteiger partial charge in [-0.1, -0.05) is 12.1 Å². The molecule has 2 heterocycles. The second-order valence-corrected chi connectivity index (χ2v) is 8.89. The van der Waals surface area contributed by atoms with E-state index in [4.69, 9.17) is 0 Å². The minimum absolute atomic E-state index is 0.0184. The van der Waals surface area contributed by atoms with Gasteiger partial charge in [0.1, 0.15) is 11.6 Å². The monoisotopic (exact) mass is 432 g/mol. The first-order valence-corrected chi connectivity index (χ1v) is 11.5. The fraction of sp³-hybridized carbons (Fsp3) is 0.455. The van der Waals surface area contributed by atoms with Crippen molar-refractivity contribution < 1.29 is 13.6 Å². The summed E-state index contributed by atoms with van der Waals surface area (Å²) in [4.78, 5) is 15.0. The zero-order valence-electron chi connectivity index (χ0n) is 16.9. The van der Waals surface area contributed by atoms with E-state index >= 15 is 0 Å². The molecule has 2 aliphatic rings. The Bertz CT molecular complexity index is 919. The van der Waals surface area contributed by atoms with Crippen LogP contribution < -0.4 is 5.32 Å². The summed E-state index contributed by atoms with van der Waals surface area (Å²) >= 11 is 1.86. The number of amides is 1. The van der Waals surface area contributed by atoms with Crippen molar-refractivity contribution in [2.75, 3.05) is 24.6 Å². The lowest BCUT2D eigenvalue weighted by Gasteiger charge is -2.27. The van der Waals surface area contributed by atoms with Crippen molar-refractivity contribution in [3.05, 3.63) is 65.0 Å². The van der Waals surface area contributed by atoms with Crippen molar-refractivity contribution >= 4 is 17.7 Å². The second-order valence-electron chi connectivity index (χ2n) is 7.67. The first-order valence-electron chi connectivity index (χ1n) is 10.3. The van der Waals surface area contributed by atoms with Crippen LogP contribution in [0.1, 0.15) is 33.7 Å². The number of thioether (sulfide) groups is 1. The van der Waals surface area contributed by atoms with E-state index < -0.39 is 11.6 Å². The molecule has 1 atom stereocenters. The van der Waals surface area contributed by atoms with Gasteiger partial charge in [0.2, 0.25) is 0 Å². The number of nitrogens with zero attached hydrogens (tertiary/aromatic N) is 3. The Balaban J connectivity index is 1.53. The third-order valence-corrected chi connectivity index (χ3v) is 6.72. The van der Waals surface area contributed by atoms with Gasteiger partial charge in [-0.3, -0.25) is 9.48 Å². The van der Waals surface area contributed by atoms with Crippen molar-refractivity contribution in [3.63, 3.8) is 0 Å². The van der Waals surface area contributed by atoms with Crippen LogP contribution in [0.15, 0.2) is 30.9 Å². The van der Waals surface area contributed by atoms with E-state index in [1.54, 1.807) is 6.08 Å². The molecule has 0 bridgehead atoms. The molecule has 1 fully saturated rings. The van der Waals surface area contributed by atoms with Crippen molar-refractivity contribution in [2.45, 2.75) is 38.4 Å². The summed E-state index contributed by atoms with van der Waals surface area (Å²) in [5.74, 6) is 0.780. The molecule has 1 saturated heterocycles. The summed E-state index contributed by atoms with van der Waals surface area (Å²) in [6.07, 6.45) is 3.98. The van der Waals surface area contributed by atoms with Crippen LogP contribution in [-0.2, 0) is 25.9 Å². The average Bonchev–Trinajstić information content (AvgIpc) is 3.11. The zero-order valence-corrected chi connectivity index (χ0v) is 17.7. The third-order valence-electron chi connectivity index (χ3n) is 5.78. The standard InChI is InChI=1S/C22H26F2N4OS/c1-2-8-28-20-7-6-15(25-14-17-18(23)4-3-5-19(17)24)13-16(20)21(26-28)22(29)27-9-11-30-12-10-27/h2-5,15,25H,1,6-14H2. The first-order chi connectivity index (χ1) is 14.6. The SMILES string of the molecule is C=CCn1nc(C(=O)N2CCSCC2)c2c1CCC(NCc1c(F)cccc1F)C2. The maximum absolute atomic E-state index is 14.0. The Morgan fingerprint density at radius 2 is 2.03 bits per heavy atom. The topological polar surface area (TPSA) is 50.2 Å². The van der Waals surface area contributed by atoms with Crippen LogP contribution in [0, 0.1) is 11.6 Å². The number of carbonyl (C=O) groups is 1. The lowest BCUT2D eigenvalue weighted by molar-refractivity contribution is 0.0764. The van der Waals surface area contributed by atoms with E-state index in [1.807, 2.05) is 21.3 Å². The third kappa shape index (κ3) is 4.30. The summed E-state index contributed by atoms with van der Waals surface area (Å²) in [6, 6.07) is 3.94. The zero-order chi connectivity index (χ0) is 21.1. The number of carbonyl (C=O) groups excluding carboxylic acids is 1. The van der Waals surface area contributed by atoms with Crippen LogP contribution in [-0.4, -0.2) is 51.2 Å². The Morgan fingerprint density at radius 3 is 2.73 bits per heavy atom. The molecule has 1 amide bonds. The number of halogens is 2. The van der Waals surface area contributed by atoms with Gasteiger partial charge in [-0.05, 0) is 31.4 Å². The van der Waals surface area contributed by atoms with E-state index in [0.29, 0.717) is 18.7 Å². The molecule has 30 heavy (non-hydrogen) atoms. The molecule has 0 spiro atoms. The maximum Gasteiger partial charge on any atom is 0.274 e. The van der Waals surface area contributed by atoms with E-state index in [0.717, 1.165) is 48.7 Å². The molecule has 1 unspecified atom stereocenters. The predicted octanol–water partition coefficient (Wildman–Crippen LogP) is 3.18. The van der Waals surface area contributed by atoms with E-state index in [9.17, 15) is 13.6 Å². The Kier molecular flexibility index (Phi) is 6.53. The van der Waals surface area contributed by atoms with Gasteiger partial charge in [0.05, 0.1) is 6.54 Å².